The molecule has 0 saturated carbocycles. The summed E-state index contributed by atoms with van der Waals surface area (Å²) in [6, 6.07) is 0. The topological polar surface area (TPSA) is 179 Å². The van der Waals surface area contributed by atoms with Crippen LogP contribution in [0.4, 0.5) is 0 Å². The number of hydrogen-bond donors (Lipinski definition) is 6. The van der Waals surface area contributed by atoms with E-state index in [4.69, 9.17) is 20.3 Å². The zero-order valence-electron chi connectivity index (χ0n) is 13.6. The third-order valence-corrected chi connectivity index (χ3v) is 3.71. The van der Waals surface area contributed by atoms with Crippen molar-refractivity contribution < 1.29 is 40.1 Å². The van der Waals surface area contributed by atoms with Crippen LogP contribution in [0.1, 0.15) is 25.7 Å². The van der Waals surface area contributed by atoms with Gasteiger partial charge in [0.25, 0.3) is 0 Å². The quantitative estimate of drug-likeness (QED) is 0.217. The fraction of sp³-hybridized carbons (Fsp3) is 0.857. The van der Waals surface area contributed by atoms with Crippen molar-refractivity contribution in [2.24, 2.45) is 5.73 Å². The van der Waals surface area contributed by atoms with Crippen molar-refractivity contribution in [3.8, 4) is 0 Å². The Labute approximate surface area is 140 Å². The Kier molecular flexibility index (Phi) is 9.29. The molecule has 1 fully saturated rings. The van der Waals surface area contributed by atoms with Crippen LogP contribution in [0.5, 0.6) is 0 Å². The van der Waals surface area contributed by atoms with Gasteiger partial charge in [0.05, 0.1) is 19.1 Å². The van der Waals surface area contributed by atoms with Gasteiger partial charge in [0.15, 0.2) is 12.4 Å². The third-order valence-electron chi connectivity index (χ3n) is 3.71. The maximum atomic E-state index is 11.8. The summed E-state index contributed by atoms with van der Waals surface area (Å²) in [6.07, 6.45) is -4.38. The summed E-state index contributed by atoms with van der Waals surface area (Å²) in [6.45, 7) is 0.479. The highest BCUT2D eigenvalue weighted by molar-refractivity contribution is 5.82. The molecule has 5 atom stereocenters. The number of aliphatic hydroxyl groups is 3. The number of aliphatic hydroxyl groups excluding tert-OH is 3. The molecule has 2 amide bonds. The molecule has 1 saturated heterocycles. The Hall–Kier alpha value is -1.14. The van der Waals surface area contributed by atoms with Gasteiger partial charge in [-0.25, -0.2) is 4.79 Å². The molecular formula is C14H28N3O7+. The predicted octanol–water partition coefficient (Wildman–Crippen LogP) is -3.79. The smallest absolute Gasteiger partial charge is 0.338 e. The van der Waals surface area contributed by atoms with E-state index >= 15 is 0 Å². The zero-order chi connectivity index (χ0) is 18.1. The highest BCUT2D eigenvalue weighted by Gasteiger charge is 2.39. The van der Waals surface area contributed by atoms with Gasteiger partial charge in [-0.1, -0.05) is 0 Å². The van der Waals surface area contributed by atoms with E-state index in [0.717, 1.165) is 12.8 Å². The van der Waals surface area contributed by atoms with Crippen LogP contribution < -0.4 is 16.8 Å². The molecule has 0 radical (unpaired) electrons. The Bertz CT molecular complexity index is 410. The SMILES string of the molecule is NCCCCNC(=O)C[C@H](O[C@@H]1C[C@@H](O)[C@@H](O)[C@@H](CO)O1)C([NH3+])=O. The van der Waals surface area contributed by atoms with Gasteiger partial charge in [-0.05, 0) is 19.4 Å². The minimum Gasteiger partial charge on any atom is -0.394 e. The number of nitrogens with two attached hydrogens (primary N) is 1. The lowest BCUT2D eigenvalue weighted by Crippen LogP contribution is -2.64. The predicted molar refractivity (Wildman–Crippen MR) is 81.1 cm³/mol. The van der Waals surface area contributed by atoms with Gasteiger partial charge in [0.2, 0.25) is 5.91 Å². The summed E-state index contributed by atoms with van der Waals surface area (Å²) in [5.41, 5.74) is 8.62. The van der Waals surface area contributed by atoms with Crippen LogP contribution in [-0.4, -0.2) is 77.5 Å². The van der Waals surface area contributed by atoms with Crippen LogP contribution in [0.3, 0.4) is 0 Å². The number of unbranched alkanes of at least 4 members (excludes halogenated alkanes) is 1. The molecule has 1 heterocycles. The van der Waals surface area contributed by atoms with Crippen LogP contribution in [0.15, 0.2) is 0 Å². The van der Waals surface area contributed by atoms with Crippen molar-refractivity contribution in [1.82, 2.24) is 5.32 Å². The number of hydrogen-bond acceptors (Lipinski definition) is 8. The molecule has 140 valence electrons. The first-order valence-electron chi connectivity index (χ1n) is 7.99. The Morgan fingerprint density at radius 1 is 1.38 bits per heavy atom. The molecule has 0 unspecified atom stereocenters. The third kappa shape index (κ3) is 6.77. The minimum atomic E-state index is -1.24. The van der Waals surface area contributed by atoms with Gasteiger partial charge >= 0.3 is 5.91 Å². The first kappa shape index (κ1) is 20.9. The van der Waals surface area contributed by atoms with Crippen LogP contribution in [-0.2, 0) is 19.1 Å². The largest absolute Gasteiger partial charge is 0.394 e. The number of ether oxygens (including phenoxy) is 2. The molecule has 1 aliphatic heterocycles. The normalized spacial score (nSPS) is 28.4. The Morgan fingerprint density at radius 3 is 2.67 bits per heavy atom. The summed E-state index contributed by atoms with van der Waals surface area (Å²) < 4.78 is 10.7. The highest BCUT2D eigenvalue weighted by Crippen LogP contribution is 2.22. The van der Waals surface area contributed by atoms with E-state index in [1.807, 2.05) is 0 Å². The van der Waals surface area contributed by atoms with Crippen molar-refractivity contribution in [2.75, 3.05) is 19.7 Å². The lowest BCUT2D eigenvalue weighted by atomic mass is 10.0. The van der Waals surface area contributed by atoms with E-state index in [-0.39, 0.29) is 18.7 Å². The van der Waals surface area contributed by atoms with Crippen molar-refractivity contribution in [2.45, 2.75) is 56.4 Å². The Morgan fingerprint density at radius 2 is 2.08 bits per heavy atom. The zero-order valence-corrected chi connectivity index (χ0v) is 13.6. The van der Waals surface area contributed by atoms with Gasteiger partial charge in [0.1, 0.15) is 12.2 Å². The standard InChI is InChI=1S/C14H27N3O7/c15-3-1-2-4-17-11(20)6-9(14(16)22)23-12-5-8(19)13(21)10(7-18)24-12/h8-10,12-13,18-19,21H,1-7,15H2,(H2,16,22)(H,17,20)/p+1/t8-,9+,10-,12+,13-/m1/s1. The molecule has 1 rings (SSSR count). The number of carbonyl (C=O) groups is 2. The molecular weight excluding hydrogens is 322 g/mol. The van der Waals surface area contributed by atoms with Gasteiger partial charge in [-0.3, -0.25) is 10.5 Å². The summed E-state index contributed by atoms with van der Waals surface area (Å²) in [7, 11) is 0. The fourth-order valence-electron chi connectivity index (χ4n) is 2.31. The van der Waals surface area contributed by atoms with Crippen molar-refractivity contribution in [1.29, 1.82) is 0 Å². The van der Waals surface area contributed by atoms with Crippen LogP contribution >= 0.6 is 0 Å². The average Bonchev–Trinajstić information content (AvgIpc) is 2.54. The van der Waals surface area contributed by atoms with Gasteiger partial charge in [0, 0.05) is 13.0 Å². The van der Waals surface area contributed by atoms with E-state index < -0.39 is 43.2 Å². The average molecular weight is 350 g/mol. The second kappa shape index (κ2) is 10.7. The van der Waals surface area contributed by atoms with Gasteiger partial charge in [-0.15, -0.1) is 0 Å². The van der Waals surface area contributed by atoms with Gasteiger partial charge in [-0.2, -0.15) is 0 Å². The number of nitrogens with one attached hydrogen (secondary N) is 1. The molecule has 1 aliphatic rings. The number of quaternary nitrogens is 1. The molecule has 0 spiro atoms. The number of carbonyl (C=O) groups excluding carboxylic acids is 2. The molecule has 24 heavy (non-hydrogen) atoms. The minimum absolute atomic E-state index is 0.0838. The van der Waals surface area contributed by atoms with E-state index in [2.05, 4.69) is 11.1 Å². The summed E-state index contributed by atoms with van der Waals surface area (Å²) >= 11 is 0. The molecule has 10 nitrogen and oxygen atoms in total. The monoisotopic (exact) mass is 350 g/mol. The summed E-state index contributed by atoms with van der Waals surface area (Å²) in [5.74, 6) is -0.971. The van der Waals surface area contributed by atoms with Crippen LogP contribution in [0.25, 0.3) is 0 Å². The number of rotatable bonds is 10. The van der Waals surface area contributed by atoms with E-state index in [0.29, 0.717) is 13.1 Å². The lowest BCUT2D eigenvalue weighted by molar-refractivity contribution is -0.330. The second-order valence-corrected chi connectivity index (χ2v) is 5.72. The Balaban J connectivity index is 2.50. The lowest BCUT2D eigenvalue weighted by Gasteiger charge is -2.36. The van der Waals surface area contributed by atoms with Crippen LogP contribution in [0.2, 0.25) is 0 Å². The van der Waals surface area contributed by atoms with E-state index in [1.165, 1.54) is 0 Å². The highest BCUT2D eigenvalue weighted by atomic mass is 16.7. The first-order chi connectivity index (χ1) is 11.4. The molecule has 0 aromatic rings. The molecule has 0 aromatic heterocycles. The van der Waals surface area contributed by atoms with Gasteiger partial charge < -0.3 is 35.8 Å². The summed E-state index contributed by atoms with van der Waals surface area (Å²) in [5, 5.41) is 31.2. The molecule has 0 bridgehead atoms. The van der Waals surface area contributed by atoms with Crippen molar-refractivity contribution >= 4 is 11.8 Å². The molecule has 9 N–H and O–H groups in total. The first-order valence-corrected chi connectivity index (χ1v) is 7.99. The maximum Gasteiger partial charge on any atom is 0.338 e. The van der Waals surface area contributed by atoms with Crippen molar-refractivity contribution in [3.05, 3.63) is 0 Å². The summed E-state index contributed by atoms with van der Waals surface area (Å²) in [4.78, 5) is 23.4. The van der Waals surface area contributed by atoms with Crippen molar-refractivity contribution in [3.63, 3.8) is 0 Å². The maximum absolute atomic E-state index is 11.8. The van der Waals surface area contributed by atoms with Crippen LogP contribution in [0, 0.1) is 0 Å². The number of amides is 2. The fourth-order valence-corrected chi connectivity index (χ4v) is 2.31. The molecule has 0 aromatic carbocycles. The molecule has 10 heteroatoms. The van der Waals surface area contributed by atoms with E-state index in [9.17, 15) is 19.8 Å². The van der Waals surface area contributed by atoms with E-state index in [1.54, 1.807) is 0 Å². The molecule has 0 aliphatic carbocycles. The second-order valence-electron chi connectivity index (χ2n) is 5.72.